The van der Waals surface area contributed by atoms with Crippen LogP contribution in [0.1, 0.15) is 27.3 Å². The van der Waals surface area contributed by atoms with Crippen molar-refractivity contribution in [3.63, 3.8) is 0 Å². The van der Waals surface area contributed by atoms with Gasteiger partial charge in [-0.25, -0.2) is 4.79 Å². The van der Waals surface area contributed by atoms with Gasteiger partial charge in [0.15, 0.2) is 0 Å². The molecule has 1 aliphatic heterocycles. The zero-order valence-electron chi connectivity index (χ0n) is 16.5. The minimum absolute atomic E-state index is 0.0356. The molecular weight excluding hydrogens is 427 g/mol. The van der Waals surface area contributed by atoms with E-state index in [4.69, 9.17) is 15.7 Å². The molecule has 0 saturated heterocycles. The van der Waals surface area contributed by atoms with Gasteiger partial charge in [0, 0.05) is 41.7 Å². The van der Waals surface area contributed by atoms with Crippen molar-refractivity contribution in [2.75, 3.05) is 6.54 Å². The Hall–Kier alpha value is -4.15. The molecule has 0 unspecified atom stereocenters. The first-order valence-corrected chi connectivity index (χ1v) is 9.31. The normalized spacial score (nSPS) is 13.5. The molecule has 3 aromatic rings. The average Bonchev–Trinajstić information content (AvgIpc) is 3.21. The molecule has 2 aromatic heterocycles. The highest BCUT2D eigenvalue weighted by molar-refractivity contribution is 6.12. The van der Waals surface area contributed by atoms with Crippen molar-refractivity contribution in [3.8, 4) is 11.3 Å². The quantitative estimate of drug-likeness (QED) is 0.279. The van der Waals surface area contributed by atoms with Gasteiger partial charge in [-0.2, -0.15) is 18.3 Å². The fraction of sp³-hybridized carbons (Fsp3) is 0.143. The molecule has 11 heteroatoms. The molecule has 32 heavy (non-hydrogen) atoms. The van der Waals surface area contributed by atoms with Crippen molar-refractivity contribution in [1.29, 1.82) is 0 Å². The minimum atomic E-state index is -5.08. The second-order valence-corrected chi connectivity index (χ2v) is 6.66. The number of alkyl halides is 3. The molecule has 4 rings (SSSR count). The van der Waals surface area contributed by atoms with E-state index in [9.17, 15) is 18.0 Å². The van der Waals surface area contributed by atoms with E-state index < -0.39 is 12.1 Å². The topological polar surface area (TPSA) is 133 Å². The number of aromatic nitrogens is 2. The number of pyridine rings is 1. The third-order valence-electron chi connectivity index (χ3n) is 4.54. The Bertz CT molecular complexity index is 1160. The largest absolute Gasteiger partial charge is 0.490 e. The Kier molecular flexibility index (Phi) is 6.57. The van der Waals surface area contributed by atoms with Gasteiger partial charge in [-0.3, -0.25) is 9.78 Å². The maximum absolute atomic E-state index is 12.0. The molecule has 0 saturated carbocycles. The number of carbonyl (C=O) groups excluding carboxylic acids is 1. The number of aliphatic carboxylic acids is 1. The summed E-state index contributed by atoms with van der Waals surface area (Å²) >= 11 is 0. The number of nitrogens with one attached hydrogen (secondary N) is 2. The smallest absolute Gasteiger partial charge is 0.475 e. The lowest BCUT2D eigenvalue weighted by Gasteiger charge is -2.11. The van der Waals surface area contributed by atoms with Gasteiger partial charge in [0.1, 0.15) is 5.71 Å². The van der Waals surface area contributed by atoms with Crippen LogP contribution in [0.3, 0.4) is 0 Å². The zero-order chi connectivity index (χ0) is 23.3. The molecule has 1 aromatic carbocycles. The Morgan fingerprint density at radius 1 is 1.16 bits per heavy atom. The number of amides is 1. The standard InChI is InChI=1S/C19H17N5O.C2HF3O2/c20-24-18(12-4-2-1-3-5-12)17-10-13(6-8-21-17)16-11-14-15(23-16)7-9-22-19(14)25;3-2(4,5)1(6)7/h1-6,8,10-11,23H,7,9,20H2,(H,22,25);(H,6,7)/b24-18-;. The van der Waals surface area contributed by atoms with Gasteiger partial charge < -0.3 is 21.2 Å². The van der Waals surface area contributed by atoms with E-state index >= 15 is 0 Å². The molecule has 8 nitrogen and oxygen atoms in total. The fourth-order valence-corrected chi connectivity index (χ4v) is 3.06. The predicted octanol–water partition coefficient (Wildman–Crippen LogP) is 2.71. The van der Waals surface area contributed by atoms with Crippen molar-refractivity contribution < 1.29 is 27.9 Å². The number of aromatic amines is 1. The van der Waals surface area contributed by atoms with Crippen LogP contribution in [0.25, 0.3) is 11.3 Å². The second kappa shape index (κ2) is 9.33. The number of nitrogens with two attached hydrogens (primary N) is 1. The molecule has 0 bridgehead atoms. The van der Waals surface area contributed by atoms with Crippen LogP contribution < -0.4 is 11.2 Å². The van der Waals surface area contributed by atoms with Crippen LogP contribution in [0, 0.1) is 0 Å². The lowest BCUT2D eigenvalue weighted by Crippen LogP contribution is -2.31. The van der Waals surface area contributed by atoms with Crippen LogP contribution in [0.2, 0.25) is 0 Å². The molecule has 0 radical (unpaired) electrons. The molecule has 0 spiro atoms. The van der Waals surface area contributed by atoms with Crippen molar-refractivity contribution in [1.82, 2.24) is 15.3 Å². The number of hydrogen-bond donors (Lipinski definition) is 4. The summed E-state index contributed by atoms with van der Waals surface area (Å²) in [6.07, 6.45) is -2.56. The number of carbonyl (C=O) groups is 2. The zero-order valence-corrected chi connectivity index (χ0v) is 16.5. The maximum atomic E-state index is 12.0. The summed E-state index contributed by atoms with van der Waals surface area (Å²) in [7, 11) is 0. The summed E-state index contributed by atoms with van der Waals surface area (Å²) in [6, 6.07) is 15.4. The van der Waals surface area contributed by atoms with E-state index in [1.165, 1.54) is 0 Å². The highest BCUT2D eigenvalue weighted by Gasteiger charge is 2.38. The van der Waals surface area contributed by atoms with Gasteiger partial charge in [-0.15, -0.1) is 0 Å². The number of hydrogen-bond acceptors (Lipinski definition) is 5. The Labute approximate surface area is 180 Å². The van der Waals surface area contributed by atoms with Crippen LogP contribution in [0.15, 0.2) is 59.8 Å². The highest BCUT2D eigenvalue weighted by atomic mass is 19.4. The summed E-state index contributed by atoms with van der Waals surface area (Å²) < 4.78 is 31.7. The monoisotopic (exact) mass is 445 g/mol. The first-order valence-electron chi connectivity index (χ1n) is 9.31. The van der Waals surface area contributed by atoms with Gasteiger partial charge in [-0.1, -0.05) is 30.3 Å². The van der Waals surface area contributed by atoms with Gasteiger partial charge in [0.25, 0.3) is 5.91 Å². The molecular formula is C21H18F3N5O3. The van der Waals surface area contributed by atoms with Crippen LogP contribution >= 0.6 is 0 Å². The molecule has 1 amide bonds. The number of nitrogens with zero attached hydrogens (tertiary/aromatic N) is 2. The van der Waals surface area contributed by atoms with Crippen LogP contribution in [0.5, 0.6) is 0 Å². The van der Waals surface area contributed by atoms with E-state index in [2.05, 4.69) is 20.4 Å². The lowest BCUT2D eigenvalue weighted by atomic mass is 10.0. The number of carboxylic acids is 1. The Morgan fingerprint density at radius 3 is 2.44 bits per heavy atom. The molecule has 5 N–H and O–H groups in total. The highest BCUT2D eigenvalue weighted by Crippen LogP contribution is 2.25. The first-order chi connectivity index (χ1) is 15.2. The number of H-pyrrole nitrogens is 1. The van der Waals surface area contributed by atoms with E-state index in [1.807, 2.05) is 48.5 Å². The predicted molar refractivity (Wildman–Crippen MR) is 110 cm³/mol. The van der Waals surface area contributed by atoms with Crippen LogP contribution in [-0.2, 0) is 11.2 Å². The fourth-order valence-electron chi connectivity index (χ4n) is 3.06. The average molecular weight is 445 g/mol. The molecule has 166 valence electrons. The number of halogens is 3. The second-order valence-electron chi connectivity index (χ2n) is 6.66. The Morgan fingerprint density at radius 2 is 1.84 bits per heavy atom. The van der Waals surface area contributed by atoms with Crippen LogP contribution in [0.4, 0.5) is 13.2 Å². The lowest BCUT2D eigenvalue weighted by molar-refractivity contribution is -0.192. The van der Waals surface area contributed by atoms with E-state index in [0.717, 1.165) is 28.9 Å². The molecule has 0 atom stereocenters. The number of rotatable bonds is 3. The molecule has 0 fully saturated rings. The van der Waals surface area contributed by atoms with E-state index in [0.29, 0.717) is 23.5 Å². The van der Waals surface area contributed by atoms with Gasteiger partial charge in [0.2, 0.25) is 0 Å². The third-order valence-corrected chi connectivity index (χ3v) is 4.54. The summed E-state index contributed by atoms with van der Waals surface area (Å²) in [5.74, 6) is 2.82. The van der Waals surface area contributed by atoms with Crippen molar-refractivity contribution in [2.45, 2.75) is 12.6 Å². The van der Waals surface area contributed by atoms with Gasteiger partial charge >= 0.3 is 12.1 Å². The minimum Gasteiger partial charge on any atom is -0.475 e. The maximum Gasteiger partial charge on any atom is 0.490 e. The summed E-state index contributed by atoms with van der Waals surface area (Å²) in [6.45, 7) is 0.658. The summed E-state index contributed by atoms with van der Waals surface area (Å²) in [5.41, 5.74) is 5.70. The van der Waals surface area contributed by atoms with Crippen LogP contribution in [-0.4, -0.2) is 45.4 Å². The van der Waals surface area contributed by atoms with Gasteiger partial charge in [0.05, 0.1) is 11.3 Å². The van der Waals surface area contributed by atoms with Crippen molar-refractivity contribution >= 4 is 17.6 Å². The SMILES string of the molecule is N/N=C(/c1ccccc1)c1cc(-c2cc3c([nH]2)CCNC3=O)ccn1.O=C(O)C(F)(F)F. The number of fused-ring (bicyclic) bond motifs is 1. The molecule has 1 aliphatic rings. The Balaban J connectivity index is 0.000000360. The van der Waals surface area contributed by atoms with Gasteiger partial charge in [-0.05, 0) is 18.2 Å². The molecule has 3 heterocycles. The summed E-state index contributed by atoms with van der Waals surface area (Å²) in [4.78, 5) is 28.6. The summed E-state index contributed by atoms with van der Waals surface area (Å²) in [5, 5.41) is 13.9. The first kappa shape index (κ1) is 22.5. The van der Waals surface area contributed by atoms with Crippen molar-refractivity contribution in [3.05, 3.63) is 77.2 Å². The number of carboxylic acid groups (broad SMARTS) is 1. The van der Waals surface area contributed by atoms with Crippen molar-refractivity contribution in [2.24, 2.45) is 10.9 Å². The number of hydrazone groups is 1. The number of benzene rings is 1. The van der Waals surface area contributed by atoms with E-state index in [-0.39, 0.29) is 5.91 Å². The molecule has 0 aliphatic carbocycles. The van der Waals surface area contributed by atoms with E-state index in [1.54, 1.807) is 6.20 Å². The third kappa shape index (κ3) is 5.12.